The lowest BCUT2D eigenvalue weighted by molar-refractivity contribution is -0.125. The van der Waals surface area contributed by atoms with E-state index in [2.05, 4.69) is 20.6 Å². The Bertz CT molecular complexity index is 1100. The zero-order valence-corrected chi connectivity index (χ0v) is 19.6. The number of amides is 2. The number of anilines is 1. The number of nitrogens with two attached hydrogens (primary N) is 1. The van der Waals surface area contributed by atoms with E-state index in [-0.39, 0.29) is 58.4 Å². The number of piperidine rings is 1. The van der Waals surface area contributed by atoms with Gasteiger partial charge in [-0.2, -0.15) is 0 Å². The van der Waals surface area contributed by atoms with E-state index in [1.807, 2.05) is 0 Å². The van der Waals surface area contributed by atoms with Crippen molar-refractivity contribution in [3.05, 3.63) is 41.7 Å². The van der Waals surface area contributed by atoms with Crippen LogP contribution in [0, 0.1) is 11.8 Å². The number of nitrogen functional groups attached to an aromatic ring is 1. The molecule has 186 valence electrons. The smallest absolute Gasteiger partial charge is 0.270 e. The number of carbonyl (C=O) groups excluding carboxylic acids is 3. The summed E-state index contributed by atoms with van der Waals surface area (Å²) in [6.07, 6.45) is 2.90. The molecule has 2 aromatic rings. The Morgan fingerprint density at radius 1 is 1.23 bits per heavy atom. The predicted molar refractivity (Wildman–Crippen MR) is 127 cm³/mol. The lowest BCUT2D eigenvalue weighted by Crippen LogP contribution is -2.43. The molecule has 2 aliphatic rings. The number of nitrogens with zero attached hydrogens (tertiary/aromatic N) is 3. The Hall–Kier alpha value is -3.73. The number of ether oxygens (including phenoxy) is 1. The number of aromatic hydroxyl groups is 1. The quantitative estimate of drug-likeness (QED) is 0.443. The Kier molecular flexibility index (Phi) is 7.45. The van der Waals surface area contributed by atoms with Gasteiger partial charge in [-0.1, -0.05) is 0 Å². The molecular formula is C24H30N6O5. The third kappa shape index (κ3) is 5.68. The minimum atomic E-state index is -0.349. The number of benzene rings is 1. The summed E-state index contributed by atoms with van der Waals surface area (Å²) < 4.78 is 5.15. The lowest BCUT2D eigenvalue weighted by Gasteiger charge is -2.32. The number of likely N-dealkylation sites (tertiary alicyclic amines) is 1. The minimum absolute atomic E-state index is 0.0281. The summed E-state index contributed by atoms with van der Waals surface area (Å²) in [6.45, 7) is 2.07. The molecule has 4 rings (SSSR count). The average molecular weight is 483 g/mol. The van der Waals surface area contributed by atoms with Gasteiger partial charge in [0.15, 0.2) is 0 Å². The van der Waals surface area contributed by atoms with Gasteiger partial charge < -0.3 is 31.1 Å². The minimum Gasteiger partial charge on any atom is -0.507 e. The first kappa shape index (κ1) is 24.4. The van der Waals surface area contributed by atoms with E-state index in [4.69, 9.17) is 10.5 Å². The van der Waals surface area contributed by atoms with Crippen LogP contribution in [-0.4, -0.2) is 76.9 Å². The Morgan fingerprint density at radius 3 is 2.71 bits per heavy atom. The van der Waals surface area contributed by atoms with Gasteiger partial charge in [-0.3, -0.25) is 14.4 Å². The normalized spacial score (nSPS) is 20.4. The zero-order valence-electron chi connectivity index (χ0n) is 19.6. The molecule has 0 aliphatic carbocycles. The van der Waals surface area contributed by atoms with Crippen molar-refractivity contribution in [1.29, 1.82) is 0 Å². The molecule has 0 spiro atoms. The Balaban J connectivity index is 1.30. The highest BCUT2D eigenvalue weighted by molar-refractivity contribution is 5.97. The molecule has 2 saturated heterocycles. The van der Waals surface area contributed by atoms with Crippen LogP contribution in [0.5, 0.6) is 11.5 Å². The number of methoxy groups -OCH3 is 1. The maximum absolute atomic E-state index is 13.0. The lowest BCUT2D eigenvalue weighted by atomic mass is 9.86. The van der Waals surface area contributed by atoms with E-state index in [1.54, 1.807) is 11.0 Å². The number of rotatable bonds is 7. The number of hydrogen-bond donors (Lipinski definition) is 4. The number of ketones is 1. The second-order valence-electron chi connectivity index (χ2n) is 8.92. The monoisotopic (exact) mass is 482 g/mol. The van der Waals surface area contributed by atoms with E-state index in [0.717, 1.165) is 0 Å². The van der Waals surface area contributed by atoms with Crippen LogP contribution in [0.15, 0.2) is 30.5 Å². The molecule has 35 heavy (non-hydrogen) atoms. The van der Waals surface area contributed by atoms with Gasteiger partial charge in [0.25, 0.3) is 11.8 Å². The maximum Gasteiger partial charge on any atom is 0.270 e. The van der Waals surface area contributed by atoms with Gasteiger partial charge >= 0.3 is 0 Å². The maximum atomic E-state index is 13.0. The second kappa shape index (κ2) is 10.7. The third-order valence-corrected chi connectivity index (χ3v) is 6.70. The number of carbonyl (C=O) groups is 3. The van der Waals surface area contributed by atoms with E-state index < -0.39 is 0 Å². The predicted octanol–water partition coefficient (Wildman–Crippen LogP) is 0.602. The zero-order chi connectivity index (χ0) is 24.9. The van der Waals surface area contributed by atoms with Gasteiger partial charge in [0.1, 0.15) is 23.0 Å². The van der Waals surface area contributed by atoms with Gasteiger partial charge in [0.2, 0.25) is 5.95 Å². The van der Waals surface area contributed by atoms with E-state index >= 15 is 0 Å². The molecule has 2 aliphatic heterocycles. The molecule has 11 heteroatoms. The van der Waals surface area contributed by atoms with Crippen LogP contribution in [-0.2, 0) is 4.79 Å². The summed E-state index contributed by atoms with van der Waals surface area (Å²) in [5.41, 5.74) is 5.94. The van der Waals surface area contributed by atoms with Crippen LogP contribution < -0.4 is 21.1 Å². The van der Waals surface area contributed by atoms with Crippen LogP contribution in [0.3, 0.4) is 0 Å². The SMILES string of the molecule is COc1ccc(O)c(C(=O)N2CCC(C(=O)C[C@@H]3CNC[C@H]3NC(=O)c3ccnc(N)n3)CC2)c1. The molecule has 1 aromatic carbocycles. The highest BCUT2D eigenvalue weighted by atomic mass is 16.5. The van der Waals surface area contributed by atoms with Crippen molar-refractivity contribution in [2.45, 2.75) is 25.3 Å². The number of nitrogens with one attached hydrogen (secondary N) is 2. The van der Waals surface area contributed by atoms with Crippen molar-refractivity contribution in [3.63, 3.8) is 0 Å². The number of phenolic OH excluding ortho intramolecular Hbond substituents is 1. The molecule has 2 fully saturated rings. The van der Waals surface area contributed by atoms with Gasteiger partial charge in [-0.05, 0) is 43.0 Å². The molecule has 11 nitrogen and oxygen atoms in total. The van der Waals surface area contributed by atoms with Crippen molar-refractivity contribution in [2.24, 2.45) is 11.8 Å². The number of hydrogen-bond acceptors (Lipinski definition) is 9. The highest BCUT2D eigenvalue weighted by Gasteiger charge is 2.34. The molecule has 3 heterocycles. The third-order valence-electron chi connectivity index (χ3n) is 6.70. The Labute approximate surface area is 203 Å². The fourth-order valence-corrected chi connectivity index (χ4v) is 4.67. The van der Waals surface area contributed by atoms with Crippen LogP contribution >= 0.6 is 0 Å². The summed E-state index contributed by atoms with van der Waals surface area (Å²) >= 11 is 0. The molecule has 5 N–H and O–H groups in total. The highest BCUT2D eigenvalue weighted by Crippen LogP contribution is 2.28. The van der Waals surface area contributed by atoms with Crippen molar-refractivity contribution in [3.8, 4) is 11.5 Å². The van der Waals surface area contributed by atoms with Crippen molar-refractivity contribution in [1.82, 2.24) is 25.5 Å². The fraction of sp³-hybridized carbons (Fsp3) is 0.458. The summed E-state index contributed by atoms with van der Waals surface area (Å²) in [5.74, 6) is -0.235. The average Bonchev–Trinajstić information content (AvgIpc) is 3.30. The van der Waals surface area contributed by atoms with E-state index in [1.165, 1.54) is 31.5 Å². The van der Waals surface area contributed by atoms with Crippen LogP contribution in [0.4, 0.5) is 5.95 Å². The molecule has 0 radical (unpaired) electrons. The van der Waals surface area contributed by atoms with Gasteiger partial charge in [-0.25, -0.2) is 9.97 Å². The summed E-state index contributed by atoms with van der Waals surface area (Å²) in [5, 5.41) is 16.3. The van der Waals surface area contributed by atoms with Crippen molar-refractivity contribution >= 4 is 23.5 Å². The van der Waals surface area contributed by atoms with Crippen LogP contribution in [0.1, 0.15) is 40.1 Å². The van der Waals surface area contributed by atoms with Crippen LogP contribution in [0.25, 0.3) is 0 Å². The van der Waals surface area contributed by atoms with E-state index in [9.17, 15) is 19.5 Å². The number of Topliss-reactive ketones (excluding diaryl/α,β-unsaturated/α-hetero) is 1. The van der Waals surface area contributed by atoms with Crippen molar-refractivity contribution in [2.75, 3.05) is 39.0 Å². The number of phenols is 1. The standard InChI is InChI=1S/C24H30N6O5/c1-35-16-2-3-20(31)17(11-16)23(34)30-8-5-14(6-9-30)21(32)10-15-12-26-13-19(15)28-22(33)18-4-7-27-24(25)29-18/h2-4,7,11,14-15,19,26,31H,5-6,8-10,12-13H2,1H3,(H,28,33)(H2,25,27,29)/t15-,19-/m1/s1. The first-order valence-corrected chi connectivity index (χ1v) is 11.6. The van der Waals surface area contributed by atoms with Crippen LogP contribution in [0.2, 0.25) is 0 Å². The summed E-state index contributed by atoms with van der Waals surface area (Å²) in [7, 11) is 1.50. The summed E-state index contributed by atoms with van der Waals surface area (Å²) in [4.78, 5) is 47.9. The first-order valence-electron chi connectivity index (χ1n) is 11.6. The molecule has 2 atom stereocenters. The molecule has 0 unspecified atom stereocenters. The molecule has 1 aromatic heterocycles. The van der Waals surface area contributed by atoms with Gasteiger partial charge in [0, 0.05) is 50.8 Å². The van der Waals surface area contributed by atoms with E-state index in [0.29, 0.717) is 51.2 Å². The second-order valence-corrected chi connectivity index (χ2v) is 8.92. The Morgan fingerprint density at radius 2 is 2.00 bits per heavy atom. The first-order chi connectivity index (χ1) is 16.9. The molecule has 0 saturated carbocycles. The fourth-order valence-electron chi connectivity index (χ4n) is 4.67. The summed E-state index contributed by atoms with van der Waals surface area (Å²) in [6, 6.07) is 5.85. The molecule has 0 bridgehead atoms. The van der Waals surface area contributed by atoms with Gasteiger partial charge in [-0.15, -0.1) is 0 Å². The molecule has 2 amide bonds. The number of aromatic nitrogens is 2. The van der Waals surface area contributed by atoms with Gasteiger partial charge in [0.05, 0.1) is 12.7 Å². The van der Waals surface area contributed by atoms with Crippen molar-refractivity contribution < 1.29 is 24.2 Å². The molecular weight excluding hydrogens is 452 g/mol. The topological polar surface area (TPSA) is 160 Å². The largest absolute Gasteiger partial charge is 0.507 e.